The van der Waals surface area contributed by atoms with E-state index in [1.54, 1.807) is 0 Å². The molecular formula is C23H46O3. The van der Waals surface area contributed by atoms with Gasteiger partial charge in [-0.1, -0.05) is 48.5 Å². The highest BCUT2D eigenvalue weighted by Gasteiger charge is 2.54. The summed E-state index contributed by atoms with van der Waals surface area (Å²) >= 11 is 0. The van der Waals surface area contributed by atoms with Crippen LogP contribution < -0.4 is 0 Å². The van der Waals surface area contributed by atoms with Crippen molar-refractivity contribution in [1.82, 2.24) is 0 Å². The fourth-order valence-electron chi connectivity index (χ4n) is 3.59. The van der Waals surface area contributed by atoms with Crippen molar-refractivity contribution in [1.29, 1.82) is 0 Å². The maximum atomic E-state index is 13.1. The zero-order valence-corrected chi connectivity index (χ0v) is 20.1. The molecule has 0 radical (unpaired) electrons. The second kappa shape index (κ2) is 7.54. The van der Waals surface area contributed by atoms with Gasteiger partial charge in [-0.05, 0) is 54.9 Å². The van der Waals surface area contributed by atoms with Gasteiger partial charge in [0, 0.05) is 16.2 Å². The van der Waals surface area contributed by atoms with Crippen LogP contribution in [0.3, 0.4) is 0 Å². The van der Waals surface area contributed by atoms with Gasteiger partial charge in [-0.2, -0.15) is 0 Å². The Morgan fingerprint density at radius 1 is 0.731 bits per heavy atom. The lowest BCUT2D eigenvalue weighted by atomic mass is 9.55. The Bertz CT molecular complexity index is 483. The van der Waals surface area contributed by atoms with Gasteiger partial charge in [0.15, 0.2) is 0 Å². The molecule has 0 aromatic rings. The number of carbonyl (C=O) groups excluding carboxylic acids is 1. The molecule has 0 amide bonds. The number of Topliss-reactive ketones (excluding diaryl/α,β-unsaturated/α-hetero) is 1. The monoisotopic (exact) mass is 370 g/mol. The Labute approximate surface area is 163 Å². The third-order valence-electron chi connectivity index (χ3n) is 6.07. The summed E-state index contributed by atoms with van der Waals surface area (Å²) in [5.74, 6) is 0.267. The zero-order valence-electron chi connectivity index (χ0n) is 20.1. The Kier molecular flexibility index (Phi) is 7.42. The molecule has 0 N–H and O–H groups in total. The van der Waals surface area contributed by atoms with Crippen LogP contribution in [0.25, 0.3) is 0 Å². The minimum absolute atomic E-state index is 0.181. The smallest absolute Gasteiger partial charge is 0.144 e. The summed E-state index contributed by atoms with van der Waals surface area (Å²) in [4.78, 5) is 13.1. The molecule has 0 fully saturated rings. The summed E-state index contributed by atoms with van der Waals surface area (Å²) in [6.45, 7) is 29.6. The van der Waals surface area contributed by atoms with Crippen LogP contribution in [0.2, 0.25) is 0 Å². The molecule has 3 nitrogen and oxygen atoms in total. The summed E-state index contributed by atoms with van der Waals surface area (Å²) in [6.07, 6.45) is 0.803. The number of ketones is 1. The molecule has 156 valence electrons. The van der Waals surface area contributed by atoms with E-state index >= 15 is 0 Å². The zero-order chi connectivity index (χ0) is 21.4. The van der Waals surface area contributed by atoms with Gasteiger partial charge in [-0.3, -0.25) is 4.79 Å². The van der Waals surface area contributed by atoms with Crippen molar-refractivity contribution in [2.45, 2.75) is 120 Å². The van der Waals surface area contributed by atoms with E-state index in [9.17, 15) is 4.79 Å². The Morgan fingerprint density at radius 2 is 1.15 bits per heavy atom. The molecule has 0 heterocycles. The first-order valence-electron chi connectivity index (χ1n) is 9.96. The summed E-state index contributed by atoms with van der Waals surface area (Å²) in [7, 11) is 0. The number of hydrogen-bond donors (Lipinski definition) is 0. The van der Waals surface area contributed by atoms with E-state index in [2.05, 4.69) is 76.2 Å². The highest BCUT2D eigenvalue weighted by atomic mass is 16.5. The molecule has 0 aromatic heterocycles. The first kappa shape index (κ1) is 25.6. The maximum absolute atomic E-state index is 13.1. The van der Waals surface area contributed by atoms with Gasteiger partial charge in [0.2, 0.25) is 0 Å². The summed E-state index contributed by atoms with van der Waals surface area (Å²) < 4.78 is 12.5. The molecule has 0 bridgehead atoms. The normalized spacial score (nSPS) is 15.3. The lowest BCUT2D eigenvalue weighted by Gasteiger charge is -2.52. The molecule has 0 unspecified atom stereocenters. The summed E-state index contributed by atoms with van der Waals surface area (Å²) in [6, 6.07) is 0. The molecule has 0 spiro atoms. The van der Waals surface area contributed by atoms with Crippen LogP contribution in [0, 0.1) is 16.2 Å². The maximum Gasteiger partial charge on any atom is 0.144 e. The van der Waals surface area contributed by atoms with Crippen LogP contribution in [0.4, 0.5) is 0 Å². The minimum Gasteiger partial charge on any atom is -0.375 e. The molecular weight excluding hydrogens is 324 g/mol. The molecule has 0 aliphatic carbocycles. The molecule has 3 heteroatoms. The summed E-state index contributed by atoms with van der Waals surface area (Å²) in [5, 5.41) is 0. The van der Waals surface area contributed by atoms with E-state index in [-0.39, 0.29) is 27.8 Å². The van der Waals surface area contributed by atoms with E-state index in [1.165, 1.54) is 0 Å². The lowest BCUT2D eigenvalue weighted by molar-refractivity contribution is -0.178. The molecule has 0 rings (SSSR count). The average Bonchev–Trinajstić information content (AvgIpc) is 2.32. The second-order valence-corrected chi connectivity index (χ2v) is 11.9. The summed E-state index contributed by atoms with van der Waals surface area (Å²) in [5.41, 5.74) is -2.10. The quantitative estimate of drug-likeness (QED) is 0.493. The molecule has 0 saturated heterocycles. The van der Waals surface area contributed by atoms with Gasteiger partial charge >= 0.3 is 0 Å². The topological polar surface area (TPSA) is 35.5 Å². The first-order chi connectivity index (χ1) is 11.1. The average molecular weight is 371 g/mol. The van der Waals surface area contributed by atoms with Crippen LogP contribution in [0.15, 0.2) is 0 Å². The molecule has 0 saturated carbocycles. The van der Waals surface area contributed by atoms with Crippen LogP contribution in [-0.4, -0.2) is 29.2 Å². The second-order valence-electron chi connectivity index (χ2n) is 11.9. The SMILES string of the molecule is CC(C)(C)OC(C)(C)CCOC(C)(C)C(C)(C)C(C)(C)C(=O)C(C)(C)C. The van der Waals surface area contributed by atoms with Crippen LogP contribution >= 0.6 is 0 Å². The van der Waals surface area contributed by atoms with E-state index in [0.717, 1.165) is 6.42 Å². The molecule has 0 atom stereocenters. The number of carbonyl (C=O) groups is 1. The number of ether oxygens (including phenoxy) is 2. The van der Waals surface area contributed by atoms with Gasteiger partial charge in [0.05, 0.1) is 23.4 Å². The van der Waals surface area contributed by atoms with Gasteiger partial charge < -0.3 is 9.47 Å². The standard InChI is InChI=1S/C23H46O3/c1-18(2,3)17(24)21(9,10)22(11,12)23(13,14)25-16-15-20(7,8)26-19(4,5)6/h15-16H2,1-14H3. The fraction of sp³-hybridized carbons (Fsp3) is 0.957. The van der Waals surface area contributed by atoms with Crippen molar-refractivity contribution in [3.63, 3.8) is 0 Å². The van der Waals surface area contributed by atoms with Gasteiger partial charge in [0.1, 0.15) is 5.78 Å². The van der Waals surface area contributed by atoms with Crippen molar-refractivity contribution >= 4 is 5.78 Å². The molecule has 0 aliphatic heterocycles. The fourth-order valence-corrected chi connectivity index (χ4v) is 3.59. The Hall–Kier alpha value is -0.410. The Balaban J connectivity index is 5.23. The predicted molar refractivity (Wildman–Crippen MR) is 112 cm³/mol. The van der Waals surface area contributed by atoms with Crippen LogP contribution in [0.1, 0.15) is 103 Å². The number of hydrogen-bond acceptors (Lipinski definition) is 3. The first-order valence-corrected chi connectivity index (χ1v) is 9.96. The predicted octanol–water partition coefficient (Wildman–Crippen LogP) is 6.43. The van der Waals surface area contributed by atoms with E-state index in [1.807, 2.05) is 20.8 Å². The minimum atomic E-state index is -0.508. The van der Waals surface area contributed by atoms with Crippen molar-refractivity contribution in [2.75, 3.05) is 6.61 Å². The van der Waals surface area contributed by atoms with Crippen LogP contribution in [-0.2, 0) is 14.3 Å². The van der Waals surface area contributed by atoms with Crippen molar-refractivity contribution in [3.05, 3.63) is 0 Å². The largest absolute Gasteiger partial charge is 0.375 e. The van der Waals surface area contributed by atoms with Crippen LogP contribution in [0.5, 0.6) is 0 Å². The van der Waals surface area contributed by atoms with E-state index < -0.39 is 11.0 Å². The van der Waals surface area contributed by atoms with E-state index in [4.69, 9.17) is 9.47 Å². The molecule has 0 aliphatic rings. The van der Waals surface area contributed by atoms with Gasteiger partial charge in [-0.15, -0.1) is 0 Å². The lowest BCUT2D eigenvalue weighted by Crippen LogP contribution is -2.56. The van der Waals surface area contributed by atoms with Crippen molar-refractivity contribution in [2.24, 2.45) is 16.2 Å². The third kappa shape index (κ3) is 6.34. The van der Waals surface area contributed by atoms with Crippen molar-refractivity contribution < 1.29 is 14.3 Å². The highest BCUT2D eigenvalue weighted by molar-refractivity contribution is 5.89. The van der Waals surface area contributed by atoms with Crippen molar-refractivity contribution in [3.8, 4) is 0 Å². The van der Waals surface area contributed by atoms with Gasteiger partial charge in [0.25, 0.3) is 0 Å². The number of rotatable bonds is 8. The molecule has 0 aromatic carbocycles. The van der Waals surface area contributed by atoms with E-state index in [0.29, 0.717) is 6.61 Å². The molecule has 26 heavy (non-hydrogen) atoms. The third-order valence-corrected chi connectivity index (χ3v) is 6.07. The Morgan fingerprint density at radius 3 is 1.50 bits per heavy atom. The highest BCUT2D eigenvalue weighted by Crippen LogP contribution is 2.51. The van der Waals surface area contributed by atoms with Gasteiger partial charge in [-0.25, -0.2) is 0 Å².